The largest absolute Gasteiger partial charge is 0.490 e. The van der Waals surface area contributed by atoms with E-state index >= 15 is 0 Å². The predicted molar refractivity (Wildman–Crippen MR) is 150 cm³/mol. The van der Waals surface area contributed by atoms with Crippen LogP contribution in [-0.2, 0) is 14.3 Å². The lowest BCUT2D eigenvalue weighted by atomic mass is 10.2. The highest BCUT2D eigenvalue weighted by Gasteiger charge is 2.36. The molecule has 2 aromatic carbocycles. The Morgan fingerprint density at radius 2 is 1.95 bits per heavy atom. The monoisotopic (exact) mass is 599 g/mol. The maximum atomic E-state index is 13.0. The third-order valence-corrected chi connectivity index (χ3v) is 7.13. The van der Waals surface area contributed by atoms with Crippen molar-refractivity contribution in [2.75, 3.05) is 56.3 Å². The summed E-state index contributed by atoms with van der Waals surface area (Å²) in [4.78, 5) is 41.5. The van der Waals surface area contributed by atoms with Crippen LogP contribution in [0.4, 0.5) is 16.2 Å². The van der Waals surface area contributed by atoms with Gasteiger partial charge in [0.15, 0.2) is 11.5 Å². The summed E-state index contributed by atoms with van der Waals surface area (Å²) >= 11 is 4.22. The molecule has 2 fully saturated rings. The van der Waals surface area contributed by atoms with Gasteiger partial charge in [0.25, 0.3) is 11.1 Å². The number of carbonyl (C=O) groups excluding carboxylic acids is 3. The van der Waals surface area contributed by atoms with Gasteiger partial charge in [-0.05, 0) is 82.7 Å². The van der Waals surface area contributed by atoms with E-state index in [9.17, 15) is 14.4 Å². The number of carbonyl (C=O) groups is 3. The van der Waals surface area contributed by atoms with Gasteiger partial charge in [-0.2, -0.15) is 0 Å². The molecular weight excluding hydrogens is 574 g/mol. The lowest BCUT2D eigenvalue weighted by molar-refractivity contribution is -0.127. The highest BCUT2D eigenvalue weighted by molar-refractivity contribution is 9.10. The molecule has 0 saturated carbocycles. The van der Waals surface area contributed by atoms with E-state index in [-0.39, 0.29) is 18.1 Å². The van der Waals surface area contributed by atoms with Gasteiger partial charge in [-0.3, -0.25) is 19.3 Å². The zero-order valence-electron chi connectivity index (χ0n) is 20.7. The fraction of sp³-hybridized carbons (Fsp3) is 0.296. The van der Waals surface area contributed by atoms with Crippen molar-refractivity contribution in [2.45, 2.75) is 6.92 Å². The molecule has 11 heteroatoms. The van der Waals surface area contributed by atoms with Crippen LogP contribution in [-0.4, -0.2) is 68.0 Å². The van der Waals surface area contributed by atoms with E-state index in [0.717, 1.165) is 35.4 Å². The second-order valence-electron chi connectivity index (χ2n) is 8.22. The maximum Gasteiger partial charge on any atom is 0.294 e. The van der Waals surface area contributed by atoms with E-state index in [2.05, 4.69) is 32.1 Å². The molecule has 2 aromatic rings. The van der Waals surface area contributed by atoms with Crippen molar-refractivity contribution in [3.05, 3.63) is 51.3 Å². The lowest BCUT2D eigenvalue weighted by Gasteiger charge is -2.28. The van der Waals surface area contributed by atoms with Crippen LogP contribution < -0.4 is 19.7 Å². The molecule has 0 bridgehead atoms. The minimum Gasteiger partial charge on any atom is -0.490 e. The number of amides is 3. The first-order chi connectivity index (χ1) is 18.4. The van der Waals surface area contributed by atoms with Gasteiger partial charge in [0, 0.05) is 24.5 Å². The summed E-state index contributed by atoms with van der Waals surface area (Å²) in [6, 6.07) is 10.8. The van der Waals surface area contributed by atoms with Crippen molar-refractivity contribution in [1.29, 1.82) is 0 Å². The molecule has 198 valence electrons. The molecule has 2 saturated heterocycles. The summed E-state index contributed by atoms with van der Waals surface area (Å²) < 4.78 is 17.2. The zero-order chi connectivity index (χ0) is 27.1. The van der Waals surface area contributed by atoms with Crippen molar-refractivity contribution in [1.82, 2.24) is 4.90 Å². The van der Waals surface area contributed by atoms with Gasteiger partial charge in [-0.25, -0.2) is 0 Å². The van der Waals surface area contributed by atoms with Crippen LogP contribution in [0.25, 0.3) is 6.08 Å². The topological polar surface area (TPSA) is 97.4 Å². The summed E-state index contributed by atoms with van der Waals surface area (Å²) in [7, 11) is 0. The molecule has 0 unspecified atom stereocenters. The molecule has 1 N–H and O–H groups in total. The van der Waals surface area contributed by atoms with Gasteiger partial charge in [-0.15, -0.1) is 6.42 Å². The quantitative estimate of drug-likeness (QED) is 0.335. The van der Waals surface area contributed by atoms with Gasteiger partial charge >= 0.3 is 0 Å². The number of imide groups is 1. The molecule has 3 amide bonds. The minimum atomic E-state index is -0.542. The van der Waals surface area contributed by atoms with E-state index in [1.54, 1.807) is 30.3 Å². The fourth-order valence-corrected chi connectivity index (χ4v) is 5.31. The van der Waals surface area contributed by atoms with E-state index < -0.39 is 17.1 Å². The Hall–Kier alpha value is -3.46. The highest BCUT2D eigenvalue weighted by Crippen LogP contribution is 2.39. The fourth-order valence-electron chi connectivity index (χ4n) is 3.90. The van der Waals surface area contributed by atoms with Gasteiger partial charge < -0.3 is 24.4 Å². The number of ether oxygens (including phenoxy) is 3. The van der Waals surface area contributed by atoms with Gasteiger partial charge in [-0.1, -0.05) is 5.92 Å². The molecule has 0 aliphatic carbocycles. The first-order valence-electron chi connectivity index (χ1n) is 11.9. The summed E-state index contributed by atoms with van der Waals surface area (Å²) in [6.45, 7) is 4.89. The first kappa shape index (κ1) is 27.6. The molecule has 0 aromatic heterocycles. The van der Waals surface area contributed by atoms with E-state index in [0.29, 0.717) is 47.0 Å². The second-order valence-corrected chi connectivity index (χ2v) is 10.1. The number of hydrogen-bond donors (Lipinski definition) is 1. The van der Waals surface area contributed by atoms with Gasteiger partial charge in [0.2, 0.25) is 5.91 Å². The van der Waals surface area contributed by atoms with Crippen molar-refractivity contribution in [3.8, 4) is 23.8 Å². The molecule has 2 heterocycles. The lowest BCUT2D eigenvalue weighted by Crippen LogP contribution is -2.36. The van der Waals surface area contributed by atoms with Crippen molar-refractivity contribution in [3.63, 3.8) is 0 Å². The number of anilines is 2. The van der Waals surface area contributed by atoms with E-state index in [1.807, 2.05) is 19.1 Å². The smallest absolute Gasteiger partial charge is 0.294 e. The Kier molecular flexibility index (Phi) is 9.33. The van der Waals surface area contributed by atoms with Crippen LogP contribution >= 0.6 is 27.7 Å². The molecule has 2 aliphatic heterocycles. The van der Waals surface area contributed by atoms with Crippen LogP contribution in [0.15, 0.2) is 45.8 Å². The summed E-state index contributed by atoms with van der Waals surface area (Å²) in [5.74, 6) is 2.29. The average Bonchev–Trinajstić information content (AvgIpc) is 3.16. The highest BCUT2D eigenvalue weighted by atomic mass is 79.9. The predicted octanol–water partition coefficient (Wildman–Crippen LogP) is 4.37. The summed E-state index contributed by atoms with van der Waals surface area (Å²) in [6.07, 6.45) is 6.87. The third-order valence-electron chi connectivity index (χ3n) is 5.63. The van der Waals surface area contributed by atoms with Crippen LogP contribution in [0.3, 0.4) is 0 Å². The Morgan fingerprint density at radius 3 is 2.63 bits per heavy atom. The summed E-state index contributed by atoms with van der Waals surface area (Å²) in [5, 5.41) is 2.23. The summed E-state index contributed by atoms with van der Waals surface area (Å²) in [5.41, 5.74) is 2.23. The number of halogens is 1. The number of nitrogens with one attached hydrogen (secondary N) is 1. The SMILES string of the molecule is C#CCOc1c(Br)cc(/C=C2\SC(=O)N(CC(=O)Nc3ccc(N4CCOCC4)cc3)C2=O)cc1OCC. The standard InChI is InChI=1S/C27H26BrN3O6S/c1-3-11-37-25-21(28)14-18(15-22(25)36-4-2)16-23-26(33)31(27(34)38-23)17-24(32)29-19-5-7-20(8-6-19)30-9-12-35-13-10-30/h1,5-8,14-16H,4,9-13,17H2,2H3,(H,29,32)/b23-16-. The number of terminal acetylenes is 1. The van der Waals surface area contributed by atoms with Gasteiger partial charge in [0.1, 0.15) is 13.2 Å². The Morgan fingerprint density at radius 1 is 1.21 bits per heavy atom. The number of benzene rings is 2. The van der Waals surface area contributed by atoms with Crippen molar-refractivity contribution < 1.29 is 28.6 Å². The third kappa shape index (κ3) is 6.69. The number of hydrogen-bond acceptors (Lipinski definition) is 8. The van der Waals surface area contributed by atoms with Crippen LogP contribution in [0.1, 0.15) is 12.5 Å². The Bertz CT molecular complexity index is 1280. The second kappa shape index (κ2) is 12.9. The van der Waals surface area contributed by atoms with Crippen molar-refractivity contribution in [2.24, 2.45) is 0 Å². The molecule has 9 nitrogen and oxygen atoms in total. The minimum absolute atomic E-state index is 0.0665. The van der Waals surface area contributed by atoms with E-state index in [4.69, 9.17) is 20.6 Å². The van der Waals surface area contributed by atoms with Gasteiger partial charge in [0.05, 0.1) is 29.2 Å². The Balaban J connectivity index is 1.41. The number of thioether (sulfide) groups is 1. The number of rotatable bonds is 9. The average molecular weight is 600 g/mol. The molecular formula is C27H26BrN3O6S. The Labute approximate surface area is 233 Å². The number of nitrogens with zero attached hydrogens (tertiary/aromatic N) is 2. The molecule has 4 rings (SSSR count). The molecule has 38 heavy (non-hydrogen) atoms. The molecule has 0 spiro atoms. The van der Waals surface area contributed by atoms with Crippen LogP contribution in [0, 0.1) is 12.3 Å². The van der Waals surface area contributed by atoms with E-state index in [1.165, 1.54) is 0 Å². The van der Waals surface area contributed by atoms with Crippen LogP contribution in [0.5, 0.6) is 11.5 Å². The zero-order valence-corrected chi connectivity index (χ0v) is 23.1. The molecule has 0 atom stereocenters. The molecule has 0 radical (unpaired) electrons. The van der Waals surface area contributed by atoms with Crippen LogP contribution in [0.2, 0.25) is 0 Å². The van der Waals surface area contributed by atoms with Crippen molar-refractivity contribution >= 4 is 62.2 Å². The number of morpholine rings is 1. The first-order valence-corrected chi connectivity index (χ1v) is 13.5. The normalized spacial score (nSPS) is 16.5. The maximum absolute atomic E-state index is 13.0. The molecule has 2 aliphatic rings.